The molecule has 1 aliphatic rings. The fourth-order valence-electron chi connectivity index (χ4n) is 4.83. The summed E-state index contributed by atoms with van der Waals surface area (Å²) in [7, 11) is 3.78. The van der Waals surface area contributed by atoms with Crippen LogP contribution in [0.25, 0.3) is 11.1 Å². The third-order valence-electron chi connectivity index (χ3n) is 7.21. The predicted molar refractivity (Wildman–Crippen MR) is 144 cm³/mol. The molecule has 3 N–H and O–H groups in total. The number of aromatic hydroxyl groups is 1. The summed E-state index contributed by atoms with van der Waals surface area (Å²) in [6.07, 6.45) is 4.97. The van der Waals surface area contributed by atoms with Crippen molar-refractivity contribution in [3.8, 4) is 28.4 Å². The predicted octanol–water partition coefficient (Wildman–Crippen LogP) is 5.84. The largest absolute Gasteiger partial charge is 0.507 e. The van der Waals surface area contributed by atoms with Crippen LogP contribution in [0.4, 0.5) is 5.69 Å². The number of phenolic OH excluding ortho intramolecular Hbond substituents is 1. The van der Waals surface area contributed by atoms with Gasteiger partial charge in [-0.25, -0.2) is 0 Å². The van der Waals surface area contributed by atoms with Crippen LogP contribution in [0.2, 0.25) is 0 Å². The molecule has 186 valence electrons. The molecule has 5 heteroatoms. The summed E-state index contributed by atoms with van der Waals surface area (Å²) in [6.45, 7) is 5.90. The minimum atomic E-state index is 0.290. The number of phenols is 1. The Morgan fingerprint density at radius 2 is 1.74 bits per heavy atom. The van der Waals surface area contributed by atoms with Crippen LogP contribution < -0.4 is 15.2 Å². The molecule has 0 saturated carbocycles. The van der Waals surface area contributed by atoms with Gasteiger partial charge in [-0.05, 0) is 93.6 Å². The van der Waals surface area contributed by atoms with Gasteiger partial charge in [0.15, 0.2) is 0 Å². The molecule has 0 atom stereocenters. The minimum Gasteiger partial charge on any atom is -0.507 e. The van der Waals surface area contributed by atoms with Gasteiger partial charge in [0.1, 0.15) is 23.9 Å². The van der Waals surface area contributed by atoms with Crippen molar-refractivity contribution in [3.63, 3.8) is 0 Å². The second kappa shape index (κ2) is 11.0. The van der Waals surface area contributed by atoms with E-state index in [1.165, 1.54) is 17.5 Å². The van der Waals surface area contributed by atoms with E-state index in [1.807, 2.05) is 24.3 Å². The van der Waals surface area contributed by atoms with E-state index in [4.69, 9.17) is 15.2 Å². The molecule has 0 amide bonds. The topological polar surface area (TPSA) is 68.0 Å². The van der Waals surface area contributed by atoms with E-state index in [0.29, 0.717) is 24.8 Å². The van der Waals surface area contributed by atoms with Crippen LogP contribution in [0.15, 0.2) is 48.5 Å². The van der Waals surface area contributed by atoms with Crippen molar-refractivity contribution >= 4 is 5.69 Å². The van der Waals surface area contributed by atoms with Gasteiger partial charge in [0.05, 0.1) is 7.11 Å². The lowest BCUT2D eigenvalue weighted by atomic mass is 9.84. The summed E-state index contributed by atoms with van der Waals surface area (Å²) in [6, 6.07) is 16.5. The van der Waals surface area contributed by atoms with Crippen molar-refractivity contribution in [1.29, 1.82) is 0 Å². The van der Waals surface area contributed by atoms with Gasteiger partial charge in [-0.3, -0.25) is 0 Å². The van der Waals surface area contributed by atoms with Gasteiger partial charge in [0, 0.05) is 41.4 Å². The number of nitrogens with zero attached hydrogens (tertiary/aromatic N) is 1. The number of methoxy groups -OCH3 is 1. The first-order valence-electron chi connectivity index (χ1n) is 12.6. The van der Waals surface area contributed by atoms with E-state index in [1.54, 1.807) is 13.2 Å². The van der Waals surface area contributed by atoms with Crippen LogP contribution in [-0.2, 0) is 19.3 Å². The highest BCUT2D eigenvalue weighted by Gasteiger charge is 2.22. The standard InChI is InChI=1S/C30H38N2O3/c1-20(2)32(3)17-18-35-23-12-9-21(10-13-23)19-26-28(34-4)16-14-25(30(26)31)29-24-8-6-5-7-22(24)11-15-27(29)33/h9-16,20,33H,5-8,17-19,31H2,1-4H3. The molecule has 0 aliphatic heterocycles. The first-order valence-corrected chi connectivity index (χ1v) is 12.6. The normalized spacial score (nSPS) is 13.2. The summed E-state index contributed by atoms with van der Waals surface area (Å²) in [5.41, 5.74) is 13.8. The van der Waals surface area contributed by atoms with E-state index in [9.17, 15) is 5.11 Å². The van der Waals surface area contributed by atoms with Crippen LogP contribution in [0.5, 0.6) is 17.2 Å². The molecule has 0 aromatic heterocycles. The Labute approximate surface area is 209 Å². The molecule has 0 spiro atoms. The van der Waals surface area contributed by atoms with Crippen LogP contribution in [-0.4, -0.2) is 43.4 Å². The highest BCUT2D eigenvalue weighted by Crippen LogP contribution is 2.43. The van der Waals surface area contributed by atoms with Gasteiger partial charge in [-0.15, -0.1) is 0 Å². The van der Waals surface area contributed by atoms with Gasteiger partial charge in [-0.2, -0.15) is 0 Å². The third kappa shape index (κ3) is 5.57. The molecule has 35 heavy (non-hydrogen) atoms. The second-order valence-electron chi connectivity index (χ2n) is 9.76. The molecule has 0 unspecified atom stereocenters. The summed E-state index contributed by atoms with van der Waals surface area (Å²) >= 11 is 0. The van der Waals surface area contributed by atoms with Crippen LogP contribution in [0.3, 0.4) is 0 Å². The quantitative estimate of drug-likeness (QED) is 0.382. The Hall–Kier alpha value is -3.18. The molecule has 0 saturated heterocycles. The molecule has 0 bridgehead atoms. The van der Waals surface area contributed by atoms with Gasteiger partial charge < -0.3 is 25.2 Å². The van der Waals surface area contributed by atoms with E-state index < -0.39 is 0 Å². The Balaban J connectivity index is 1.58. The SMILES string of the molecule is COc1ccc(-c2c(O)ccc3c2CCCC3)c(N)c1Cc1ccc(OCCN(C)C(C)C)cc1. The Kier molecular flexibility index (Phi) is 7.86. The highest BCUT2D eigenvalue weighted by molar-refractivity contribution is 5.86. The maximum absolute atomic E-state index is 10.8. The number of anilines is 1. The Bertz CT molecular complexity index is 1160. The highest BCUT2D eigenvalue weighted by atomic mass is 16.5. The maximum Gasteiger partial charge on any atom is 0.124 e. The van der Waals surface area contributed by atoms with Crippen molar-refractivity contribution in [2.45, 2.75) is 52.0 Å². The molecular weight excluding hydrogens is 436 g/mol. The molecule has 1 aliphatic carbocycles. The van der Waals surface area contributed by atoms with Crippen molar-refractivity contribution < 1.29 is 14.6 Å². The molecule has 0 radical (unpaired) electrons. The molecule has 0 fully saturated rings. The molecule has 3 aromatic rings. The van der Waals surface area contributed by atoms with E-state index in [2.05, 4.69) is 44.0 Å². The number of nitrogen functional groups attached to an aromatic ring is 1. The number of fused-ring (bicyclic) bond motifs is 1. The molecular formula is C30H38N2O3. The van der Waals surface area contributed by atoms with Gasteiger partial charge in [0.2, 0.25) is 0 Å². The fraction of sp³-hybridized carbons (Fsp3) is 0.400. The van der Waals surface area contributed by atoms with E-state index >= 15 is 0 Å². The zero-order valence-electron chi connectivity index (χ0n) is 21.4. The van der Waals surface area contributed by atoms with Crippen LogP contribution in [0.1, 0.15) is 48.9 Å². The molecule has 0 heterocycles. The fourth-order valence-corrected chi connectivity index (χ4v) is 4.83. The number of nitrogens with two attached hydrogens (primary N) is 1. The monoisotopic (exact) mass is 474 g/mol. The number of ether oxygens (including phenoxy) is 2. The lowest BCUT2D eigenvalue weighted by Crippen LogP contribution is -2.30. The van der Waals surface area contributed by atoms with Gasteiger partial charge >= 0.3 is 0 Å². The third-order valence-corrected chi connectivity index (χ3v) is 7.21. The minimum absolute atomic E-state index is 0.290. The molecule has 4 rings (SSSR count). The lowest BCUT2D eigenvalue weighted by molar-refractivity contribution is 0.208. The number of aryl methyl sites for hydroxylation is 1. The average molecular weight is 475 g/mol. The van der Waals surface area contributed by atoms with E-state index in [-0.39, 0.29) is 5.75 Å². The Morgan fingerprint density at radius 3 is 2.46 bits per heavy atom. The zero-order chi connectivity index (χ0) is 24.9. The second-order valence-corrected chi connectivity index (χ2v) is 9.76. The summed E-state index contributed by atoms with van der Waals surface area (Å²) in [5.74, 6) is 1.91. The first kappa shape index (κ1) is 24.9. The van der Waals surface area contributed by atoms with Crippen molar-refractivity contribution in [2.24, 2.45) is 0 Å². The summed E-state index contributed by atoms with van der Waals surface area (Å²) in [4.78, 5) is 2.26. The van der Waals surface area contributed by atoms with Crippen molar-refractivity contribution in [1.82, 2.24) is 4.90 Å². The first-order chi connectivity index (χ1) is 16.9. The van der Waals surface area contributed by atoms with Gasteiger partial charge in [-0.1, -0.05) is 18.2 Å². The Morgan fingerprint density at radius 1 is 1.00 bits per heavy atom. The zero-order valence-corrected chi connectivity index (χ0v) is 21.4. The van der Waals surface area contributed by atoms with Crippen LogP contribution in [0, 0.1) is 0 Å². The maximum atomic E-state index is 10.8. The van der Waals surface area contributed by atoms with E-state index in [0.717, 1.165) is 59.6 Å². The summed E-state index contributed by atoms with van der Waals surface area (Å²) < 4.78 is 11.6. The van der Waals surface area contributed by atoms with Crippen molar-refractivity contribution in [2.75, 3.05) is 33.0 Å². The van der Waals surface area contributed by atoms with Crippen LogP contribution >= 0.6 is 0 Å². The van der Waals surface area contributed by atoms with Crippen molar-refractivity contribution in [3.05, 3.63) is 70.8 Å². The van der Waals surface area contributed by atoms with Gasteiger partial charge in [0.25, 0.3) is 0 Å². The number of benzene rings is 3. The number of likely N-dealkylation sites (N-methyl/N-ethyl adjacent to an activating group) is 1. The number of rotatable bonds is 9. The lowest BCUT2D eigenvalue weighted by Gasteiger charge is -2.23. The molecule has 3 aromatic carbocycles. The molecule has 5 nitrogen and oxygen atoms in total. The number of hydrogen-bond acceptors (Lipinski definition) is 5. The number of hydrogen-bond donors (Lipinski definition) is 2. The smallest absolute Gasteiger partial charge is 0.124 e. The summed E-state index contributed by atoms with van der Waals surface area (Å²) in [5, 5.41) is 10.8. The average Bonchev–Trinajstić information content (AvgIpc) is 2.86.